The molecule has 1 atom stereocenters. The van der Waals surface area contributed by atoms with Crippen molar-refractivity contribution in [2.45, 2.75) is 19.4 Å². The van der Waals surface area contributed by atoms with Gasteiger partial charge in [0.15, 0.2) is 0 Å². The molecule has 0 aliphatic carbocycles. The smallest absolute Gasteiger partial charge is 0.246 e. The van der Waals surface area contributed by atoms with E-state index in [9.17, 15) is 13.2 Å². The summed E-state index contributed by atoms with van der Waals surface area (Å²) >= 11 is 0. The van der Waals surface area contributed by atoms with Gasteiger partial charge in [-0.15, -0.1) is 0 Å². The molecule has 0 aromatic heterocycles. The predicted octanol–water partition coefficient (Wildman–Crippen LogP) is 2.59. The number of hydrogen-bond donors (Lipinski definition) is 0. The molecule has 0 spiro atoms. The van der Waals surface area contributed by atoms with Crippen LogP contribution in [0.15, 0.2) is 54.6 Å². The Hall–Kier alpha value is -2.74. The second-order valence-electron chi connectivity index (χ2n) is 7.33. The molecule has 0 unspecified atom stereocenters. The summed E-state index contributed by atoms with van der Waals surface area (Å²) in [4.78, 5) is 17.3. The van der Waals surface area contributed by atoms with Crippen LogP contribution in [0.3, 0.4) is 0 Å². The number of carbonyl (C=O) groups excluding carboxylic acids is 1. The first-order valence-electron chi connectivity index (χ1n) is 10.1. The molecule has 162 valence electrons. The van der Waals surface area contributed by atoms with E-state index in [-0.39, 0.29) is 5.91 Å². The zero-order valence-electron chi connectivity index (χ0n) is 17.7. The second-order valence-corrected chi connectivity index (χ2v) is 9.19. The molecule has 3 rings (SSSR count). The molecule has 1 aliphatic heterocycles. The van der Waals surface area contributed by atoms with Gasteiger partial charge in [0.05, 0.1) is 19.1 Å². The van der Waals surface area contributed by atoms with Gasteiger partial charge >= 0.3 is 0 Å². The highest BCUT2D eigenvalue weighted by atomic mass is 32.2. The van der Waals surface area contributed by atoms with E-state index in [2.05, 4.69) is 17.0 Å². The number of benzene rings is 2. The monoisotopic (exact) mass is 431 g/mol. The Balaban J connectivity index is 1.77. The van der Waals surface area contributed by atoms with E-state index < -0.39 is 16.1 Å². The number of methoxy groups -OCH3 is 1. The number of carbonyl (C=O) groups is 1. The summed E-state index contributed by atoms with van der Waals surface area (Å²) in [5, 5.41) is 0. The number of rotatable bonds is 7. The molecule has 30 heavy (non-hydrogen) atoms. The third-order valence-electron chi connectivity index (χ3n) is 5.35. The first kappa shape index (κ1) is 22.0. The number of sulfonamides is 1. The fraction of sp³-hybridized carbons (Fsp3) is 0.409. The lowest BCUT2D eigenvalue weighted by atomic mass is 10.1. The average Bonchev–Trinajstić information content (AvgIpc) is 2.77. The highest BCUT2D eigenvalue weighted by Crippen LogP contribution is 2.26. The number of hydrogen-bond acceptors (Lipinski definition) is 5. The van der Waals surface area contributed by atoms with Crippen LogP contribution in [-0.2, 0) is 14.8 Å². The first-order chi connectivity index (χ1) is 14.3. The highest BCUT2D eigenvalue weighted by Gasteiger charge is 2.35. The number of anilines is 2. The van der Waals surface area contributed by atoms with Crippen molar-refractivity contribution in [2.24, 2.45) is 0 Å². The molecule has 7 nitrogen and oxygen atoms in total. The Morgan fingerprint density at radius 1 is 1.03 bits per heavy atom. The Bertz CT molecular complexity index is 940. The van der Waals surface area contributed by atoms with E-state index in [1.54, 1.807) is 36.3 Å². The molecular weight excluding hydrogens is 402 g/mol. The van der Waals surface area contributed by atoms with Gasteiger partial charge in [0.1, 0.15) is 11.8 Å². The molecule has 8 heteroatoms. The molecule has 0 radical (unpaired) electrons. The van der Waals surface area contributed by atoms with Crippen LogP contribution in [0.1, 0.15) is 13.3 Å². The summed E-state index contributed by atoms with van der Waals surface area (Å²) in [7, 11) is -2.10. The molecule has 1 aliphatic rings. The summed E-state index contributed by atoms with van der Waals surface area (Å²) in [5.41, 5.74) is 1.59. The molecule has 2 aromatic carbocycles. The Morgan fingerprint density at radius 2 is 1.63 bits per heavy atom. The van der Waals surface area contributed by atoms with E-state index in [1.807, 2.05) is 25.1 Å². The van der Waals surface area contributed by atoms with Crippen LogP contribution in [-0.4, -0.2) is 64.8 Å². The van der Waals surface area contributed by atoms with Crippen LogP contribution in [0.25, 0.3) is 0 Å². The van der Waals surface area contributed by atoms with Crippen LogP contribution >= 0.6 is 0 Å². The number of piperazine rings is 1. The van der Waals surface area contributed by atoms with Gasteiger partial charge in [0.2, 0.25) is 15.9 Å². The van der Waals surface area contributed by atoms with Crippen molar-refractivity contribution >= 4 is 27.3 Å². The molecule has 1 saturated heterocycles. The number of para-hydroxylation sites is 1. The molecule has 0 saturated carbocycles. The van der Waals surface area contributed by atoms with E-state index in [0.717, 1.165) is 11.9 Å². The SMILES string of the molecule is CC[C@H](C(=O)N1CCN(c2ccccc2)CC1)N(c1ccc(OC)cc1)S(C)(=O)=O. The van der Waals surface area contributed by atoms with E-state index in [4.69, 9.17) is 4.74 Å². The normalized spacial score (nSPS) is 15.6. The first-order valence-corrected chi connectivity index (χ1v) is 11.9. The second kappa shape index (κ2) is 9.38. The third-order valence-corrected chi connectivity index (χ3v) is 6.53. The van der Waals surface area contributed by atoms with Crippen molar-refractivity contribution in [3.05, 3.63) is 54.6 Å². The minimum absolute atomic E-state index is 0.161. The van der Waals surface area contributed by atoms with Gasteiger partial charge in [-0.3, -0.25) is 9.10 Å². The van der Waals surface area contributed by atoms with Gasteiger partial charge in [0.25, 0.3) is 0 Å². The van der Waals surface area contributed by atoms with Gasteiger partial charge in [-0.25, -0.2) is 8.42 Å². The molecule has 1 heterocycles. The van der Waals surface area contributed by atoms with E-state index >= 15 is 0 Å². The quantitative estimate of drug-likeness (QED) is 0.674. The fourth-order valence-corrected chi connectivity index (χ4v) is 5.01. The minimum atomic E-state index is -3.65. The van der Waals surface area contributed by atoms with Gasteiger partial charge in [0, 0.05) is 31.9 Å². The van der Waals surface area contributed by atoms with Crippen molar-refractivity contribution in [1.82, 2.24) is 4.90 Å². The van der Waals surface area contributed by atoms with Crippen LogP contribution in [0.2, 0.25) is 0 Å². The highest BCUT2D eigenvalue weighted by molar-refractivity contribution is 7.92. The maximum absolute atomic E-state index is 13.3. The van der Waals surface area contributed by atoms with Gasteiger partial charge in [-0.2, -0.15) is 0 Å². The van der Waals surface area contributed by atoms with Crippen molar-refractivity contribution < 1.29 is 17.9 Å². The summed E-state index contributed by atoms with van der Waals surface area (Å²) in [5.74, 6) is 0.468. The maximum atomic E-state index is 13.3. The van der Waals surface area contributed by atoms with Crippen molar-refractivity contribution in [2.75, 3.05) is 48.7 Å². The van der Waals surface area contributed by atoms with Crippen LogP contribution in [0.5, 0.6) is 5.75 Å². The summed E-state index contributed by atoms with van der Waals surface area (Å²) < 4.78 is 31.7. The van der Waals surface area contributed by atoms with Crippen molar-refractivity contribution in [1.29, 1.82) is 0 Å². The maximum Gasteiger partial charge on any atom is 0.246 e. The molecule has 0 bridgehead atoms. The predicted molar refractivity (Wildman–Crippen MR) is 120 cm³/mol. The number of nitrogens with zero attached hydrogens (tertiary/aromatic N) is 3. The molecule has 1 amide bonds. The lowest BCUT2D eigenvalue weighted by Crippen LogP contribution is -2.56. The zero-order chi connectivity index (χ0) is 21.7. The largest absolute Gasteiger partial charge is 0.497 e. The van der Waals surface area contributed by atoms with Crippen LogP contribution in [0, 0.1) is 0 Å². The van der Waals surface area contributed by atoms with E-state index in [0.29, 0.717) is 44.0 Å². The summed E-state index contributed by atoms with van der Waals surface area (Å²) in [6.45, 7) is 4.39. The summed E-state index contributed by atoms with van der Waals surface area (Å²) in [6.07, 6.45) is 1.53. The number of ether oxygens (including phenoxy) is 1. The van der Waals surface area contributed by atoms with Gasteiger partial charge < -0.3 is 14.5 Å². The minimum Gasteiger partial charge on any atom is -0.497 e. The van der Waals surface area contributed by atoms with Crippen molar-refractivity contribution in [3.63, 3.8) is 0 Å². The topological polar surface area (TPSA) is 70.2 Å². The Morgan fingerprint density at radius 3 is 2.13 bits per heavy atom. The van der Waals surface area contributed by atoms with Gasteiger partial charge in [-0.05, 0) is 42.8 Å². The fourth-order valence-electron chi connectivity index (χ4n) is 3.81. The molecular formula is C22H29N3O4S. The summed E-state index contributed by atoms with van der Waals surface area (Å²) in [6, 6.07) is 16.0. The van der Waals surface area contributed by atoms with E-state index in [1.165, 1.54) is 4.31 Å². The van der Waals surface area contributed by atoms with Crippen LogP contribution in [0.4, 0.5) is 11.4 Å². The molecule has 1 fully saturated rings. The standard InChI is InChI=1S/C22H29N3O4S/c1-4-21(25(30(3,27)28)19-10-12-20(29-2)13-11-19)22(26)24-16-14-23(15-17-24)18-8-6-5-7-9-18/h5-13,21H,4,14-17H2,1-3H3/t21-/m1/s1. The van der Waals surface area contributed by atoms with Crippen molar-refractivity contribution in [3.8, 4) is 5.75 Å². The Labute approximate surface area is 178 Å². The lowest BCUT2D eigenvalue weighted by molar-refractivity contribution is -0.132. The lowest BCUT2D eigenvalue weighted by Gasteiger charge is -2.39. The Kier molecular flexibility index (Phi) is 6.87. The number of amides is 1. The third kappa shape index (κ3) is 4.87. The molecule has 2 aromatic rings. The van der Waals surface area contributed by atoms with Gasteiger partial charge in [-0.1, -0.05) is 25.1 Å². The average molecular weight is 432 g/mol. The van der Waals surface area contributed by atoms with Crippen LogP contribution < -0.4 is 13.9 Å². The zero-order valence-corrected chi connectivity index (χ0v) is 18.5. The molecule has 0 N–H and O–H groups in total.